The number of hydrogen-bond acceptors (Lipinski definition) is 3. The molecule has 0 aliphatic carbocycles. The van der Waals surface area contributed by atoms with E-state index in [1.807, 2.05) is 25.1 Å². The van der Waals surface area contributed by atoms with Crippen LogP contribution in [0.25, 0.3) is 6.08 Å². The lowest BCUT2D eigenvalue weighted by atomic mass is 10.1. The molecular formula is C13H18N2O. The van der Waals surface area contributed by atoms with Gasteiger partial charge in [-0.15, -0.1) is 0 Å². The molecule has 86 valence electrons. The SMILES string of the molecule is C/C=C/c1ccc(N)c(NC[C@@H]2CCO2)c1. The minimum atomic E-state index is 0.352. The Morgan fingerprint density at radius 3 is 3.00 bits per heavy atom. The van der Waals surface area contributed by atoms with Crippen molar-refractivity contribution in [2.24, 2.45) is 0 Å². The first-order valence-electron chi connectivity index (χ1n) is 5.67. The summed E-state index contributed by atoms with van der Waals surface area (Å²) in [6.07, 6.45) is 5.57. The molecule has 1 aliphatic rings. The summed E-state index contributed by atoms with van der Waals surface area (Å²) >= 11 is 0. The summed E-state index contributed by atoms with van der Waals surface area (Å²) in [5, 5.41) is 3.33. The van der Waals surface area contributed by atoms with Crippen molar-refractivity contribution in [3.05, 3.63) is 29.8 Å². The third-order valence-electron chi connectivity index (χ3n) is 2.75. The van der Waals surface area contributed by atoms with Gasteiger partial charge >= 0.3 is 0 Å². The largest absolute Gasteiger partial charge is 0.397 e. The molecule has 3 heteroatoms. The van der Waals surface area contributed by atoms with Crippen LogP contribution in [0.2, 0.25) is 0 Å². The van der Waals surface area contributed by atoms with E-state index in [0.29, 0.717) is 6.10 Å². The lowest BCUT2D eigenvalue weighted by Crippen LogP contribution is -2.33. The molecule has 0 amide bonds. The predicted molar refractivity (Wildman–Crippen MR) is 68.4 cm³/mol. The smallest absolute Gasteiger partial charge is 0.0769 e. The van der Waals surface area contributed by atoms with Crippen LogP contribution < -0.4 is 11.1 Å². The highest BCUT2D eigenvalue weighted by Crippen LogP contribution is 2.22. The van der Waals surface area contributed by atoms with Crippen molar-refractivity contribution in [1.82, 2.24) is 0 Å². The van der Waals surface area contributed by atoms with E-state index in [9.17, 15) is 0 Å². The molecule has 1 aliphatic heterocycles. The van der Waals surface area contributed by atoms with Crippen LogP contribution in [0.1, 0.15) is 18.9 Å². The fourth-order valence-electron chi connectivity index (χ4n) is 1.69. The minimum absolute atomic E-state index is 0.352. The monoisotopic (exact) mass is 218 g/mol. The molecule has 1 heterocycles. The van der Waals surface area contributed by atoms with Crippen molar-refractivity contribution in [3.8, 4) is 0 Å². The number of nitrogen functional groups attached to an aromatic ring is 1. The van der Waals surface area contributed by atoms with Crippen molar-refractivity contribution in [3.63, 3.8) is 0 Å². The summed E-state index contributed by atoms with van der Waals surface area (Å²) < 4.78 is 5.35. The van der Waals surface area contributed by atoms with Crippen molar-refractivity contribution < 1.29 is 4.74 Å². The first-order chi connectivity index (χ1) is 7.79. The van der Waals surface area contributed by atoms with Crippen molar-refractivity contribution in [1.29, 1.82) is 0 Å². The van der Waals surface area contributed by atoms with Crippen molar-refractivity contribution >= 4 is 17.5 Å². The molecule has 1 atom stereocenters. The molecule has 0 bridgehead atoms. The molecule has 3 N–H and O–H groups in total. The van der Waals surface area contributed by atoms with E-state index in [1.54, 1.807) is 0 Å². The molecule has 1 aromatic rings. The predicted octanol–water partition coefficient (Wildman–Crippen LogP) is 2.50. The Bertz CT molecular complexity index is 384. The van der Waals surface area contributed by atoms with Gasteiger partial charge in [-0.2, -0.15) is 0 Å². The molecule has 0 unspecified atom stereocenters. The van der Waals surface area contributed by atoms with Gasteiger partial charge in [0.2, 0.25) is 0 Å². The van der Waals surface area contributed by atoms with Gasteiger partial charge in [-0.25, -0.2) is 0 Å². The van der Waals surface area contributed by atoms with E-state index in [4.69, 9.17) is 10.5 Å². The molecule has 0 spiro atoms. The van der Waals surface area contributed by atoms with Crippen LogP contribution in [0.4, 0.5) is 11.4 Å². The Kier molecular flexibility index (Phi) is 3.47. The standard InChI is InChI=1S/C13H18N2O/c1-2-3-10-4-5-12(14)13(8-10)15-9-11-6-7-16-11/h2-5,8,11,15H,6-7,9,14H2,1H3/b3-2+/t11-/m0/s1. The van der Waals surface area contributed by atoms with Crippen LogP contribution in [0.5, 0.6) is 0 Å². The third-order valence-corrected chi connectivity index (χ3v) is 2.75. The highest BCUT2D eigenvalue weighted by atomic mass is 16.5. The Hall–Kier alpha value is -1.48. The molecule has 3 nitrogen and oxygen atoms in total. The number of nitrogens with two attached hydrogens (primary N) is 1. The molecule has 2 rings (SSSR count). The Balaban J connectivity index is 2.02. The number of rotatable bonds is 4. The molecule has 0 radical (unpaired) electrons. The normalized spacial score (nSPS) is 19.7. The fraction of sp³-hybridized carbons (Fsp3) is 0.385. The van der Waals surface area contributed by atoms with Gasteiger partial charge in [0, 0.05) is 13.2 Å². The number of benzene rings is 1. The van der Waals surface area contributed by atoms with Gasteiger partial charge in [-0.05, 0) is 31.0 Å². The Morgan fingerprint density at radius 2 is 2.38 bits per heavy atom. The quantitative estimate of drug-likeness (QED) is 0.763. The van der Waals surface area contributed by atoms with E-state index in [2.05, 4.69) is 17.5 Å². The molecule has 1 saturated heterocycles. The van der Waals surface area contributed by atoms with Crippen LogP contribution >= 0.6 is 0 Å². The lowest BCUT2D eigenvalue weighted by Gasteiger charge is -2.27. The number of nitrogens with one attached hydrogen (secondary N) is 1. The summed E-state index contributed by atoms with van der Waals surface area (Å²) in [5.74, 6) is 0. The average Bonchev–Trinajstić information content (AvgIpc) is 2.21. The molecule has 16 heavy (non-hydrogen) atoms. The molecule has 1 aromatic carbocycles. The minimum Gasteiger partial charge on any atom is -0.397 e. The second kappa shape index (κ2) is 5.03. The van der Waals surface area contributed by atoms with Gasteiger partial charge in [-0.3, -0.25) is 0 Å². The second-order valence-corrected chi connectivity index (χ2v) is 4.01. The maximum atomic E-state index is 5.90. The van der Waals surface area contributed by atoms with Crippen LogP contribution in [0.3, 0.4) is 0 Å². The van der Waals surface area contributed by atoms with E-state index >= 15 is 0 Å². The van der Waals surface area contributed by atoms with Gasteiger partial charge in [0.05, 0.1) is 17.5 Å². The number of ether oxygens (including phenoxy) is 1. The van der Waals surface area contributed by atoms with Crippen LogP contribution in [0.15, 0.2) is 24.3 Å². The zero-order valence-electron chi connectivity index (χ0n) is 9.57. The molecular weight excluding hydrogens is 200 g/mol. The van der Waals surface area contributed by atoms with E-state index in [-0.39, 0.29) is 0 Å². The van der Waals surface area contributed by atoms with Crippen molar-refractivity contribution in [2.75, 3.05) is 24.2 Å². The summed E-state index contributed by atoms with van der Waals surface area (Å²) in [7, 11) is 0. The number of hydrogen-bond donors (Lipinski definition) is 2. The zero-order chi connectivity index (χ0) is 11.4. The zero-order valence-corrected chi connectivity index (χ0v) is 9.57. The topological polar surface area (TPSA) is 47.3 Å². The summed E-state index contributed by atoms with van der Waals surface area (Å²) in [5.41, 5.74) is 8.84. The van der Waals surface area contributed by atoms with Crippen LogP contribution in [-0.4, -0.2) is 19.3 Å². The van der Waals surface area contributed by atoms with Gasteiger partial charge < -0.3 is 15.8 Å². The van der Waals surface area contributed by atoms with Gasteiger partial charge in [0.1, 0.15) is 0 Å². The molecule has 0 aromatic heterocycles. The number of allylic oxidation sites excluding steroid dienone is 1. The van der Waals surface area contributed by atoms with Crippen LogP contribution in [-0.2, 0) is 4.74 Å². The van der Waals surface area contributed by atoms with E-state index in [1.165, 1.54) is 0 Å². The van der Waals surface area contributed by atoms with Gasteiger partial charge in [0.25, 0.3) is 0 Å². The maximum Gasteiger partial charge on any atom is 0.0769 e. The molecule has 0 saturated carbocycles. The van der Waals surface area contributed by atoms with Gasteiger partial charge in [-0.1, -0.05) is 18.2 Å². The summed E-state index contributed by atoms with van der Waals surface area (Å²) in [4.78, 5) is 0. The Labute approximate surface area is 96.3 Å². The summed E-state index contributed by atoms with van der Waals surface area (Å²) in [6.45, 7) is 3.73. The highest BCUT2D eigenvalue weighted by molar-refractivity contribution is 5.70. The first-order valence-corrected chi connectivity index (χ1v) is 5.67. The molecule has 1 fully saturated rings. The number of anilines is 2. The Morgan fingerprint density at radius 1 is 1.56 bits per heavy atom. The van der Waals surface area contributed by atoms with E-state index in [0.717, 1.165) is 36.5 Å². The summed E-state index contributed by atoms with van der Waals surface area (Å²) in [6, 6.07) is 6.01. The van der Waals surface area contributed by atoms with Crippen LogP contribution in [0, 0.1) is 0 Å². The first kappa shape index (κ1) is 11.0. The lowest BCUT2D eigenvalue weighted by molar-refractivity contribution is -0.0410. The van der Waals surface area contributed by atoms with Gasteiger partial charge in [0.15, 0.2) is 0 Å². The maximum absolute atomic E-state index is 5.90. The third kappa shape index (κ3) is 2.55. The average molecular weight is 218 g/mol. The fourth-order valence-corrected chi connectivity index (χ4v) is 1.69. The van der Waals surface area contributed by atoms with E-state index < -0.39 is 0 Å². The van der Waals surface area contributed by atoms with Crippen molar-refractivity contribution in [2.45, 2.75) is 19.4 Å². The highest BCUT2D eigenvalue weighted by Gasteiger charge is 2.17. The second-order valence-electron chi connectivity index (χ2n) is 4.01.